The average Bonchev–Trinajstić information content (AvgIpc) is 1.82. The van der Waals surface area contributed by atoms with Gasteiger partial charge in [0.25, 0.3) is 5.78 Å². The van der Waals surface area contributed by atoms with E-state index in [9.17, 15) is 9.59 Å². The molecule has 1 fully saturated rings. The molecule has 12 heavy (non-hydrogen) atoms. The highest BCUT2D eigenvalue weighted by atomic mass is 16.4. The van der Waals surface area contributed by atoms with Gasteiger partial charge in [0, 0.05) is 6.54 Å². The largest absolute Gasteiger partial charge is 0.465 e. The van der Waals surface area contributed by atoms with Crippen molar-refractivity contribution in [2.24, 2.45) is 0 Å². The summed E-state index contributed by atoms with van der Waals surface area (Å²) in [6.07, 6.45) is 0.259. The average molecular weight is 170 g/mol. The molecule has 0 aromatic rings. The van der Waals surface area contributed by atoms with Crippen LogP contribution in [-0.2, 0) is 4.79 Å². The molecule has 0 saturated carbocycles. The first kappa shape index (κ1) is 8.42. The Bertz CT molecular complexity index is 269. The van der Waals surface area contributed by atoms with Gasteiger partial charge in [-0.05, 0) is 6.42 Å². The van der Waals surface area contributed by atoms with Crippen LogP contribution in [0.3, 0.4) is 0 Å². The second-order valence-corrected chi connectivity index (χ2v) is 2.44. The summed E-state index contributed by atoms with van der Waals surface area (Å²) in [6, 6.07) is -0.614. The maximum absolute atomic E-state index is 11.0. The number of amides is 1. The third-order valence-corrected chi connectivity index (χ3v) is 1.79. The number of carboxylic acid groups (broad SMARTS) is 1. The molecule has 0 spiro atoms. The van der Waals surface area contributed by atoms with Gasteiger partial charge in [0.1, 0.15) is 6.04 Å². The Morgan fingerprint density at radius 3 is 2.67 bits per heavy atom. The lowest BCUT2D eigenvalue weighted by molar-refractivity contribution is -0.136. The Hall–Kier alpha value is -1.68. The minimum absolute atomic E-state index is 0.386. The summed E-state index contributed by atoms with van der Waals surface area (Å²) in [7, 11) is 0. The van der Waals surface area contributed by atoms with E-state index >= 15 is 0 Å². The van der Waals surface area contributed by atoms with Gasteiger partial charge < -0.3 is 5.11 Å². The topological polar surface area (TPSA) is 95.6 Å². The number of hydrogen-bond donors (Lipinski definition) is 2. The molecule has 1 saturated heterocycles. The molecule has 1 atom stereocenters. The monoisotopic (exact) mass is 170 g/mol. The second kappa shape index (κ2) is 3.15. The normalized spacial score (nSPS) is 20.7. The van der Waals surface area contributed by atoms with Crippen molar-refractivity contribution in [3.63, 3.8) is 0 Å². The number of hydrogen-bond acceptors (Lipinski definition) is 3. The third-order valence-electron chi connectivity index (χ3n) is 1.79. The smallest absolute Gasteiger partial charge is 0.407 e. The predicted molar refractivity (Wildman–Crippen MR) is 37.2 cm³/mol. The number of nitrogens with one attached hydrogen (secondary N) is 1. The fourth-order valence-electron chi connectivity index (χ4n) is 1.06. The van der Waals surface area contributed by atoms with Gasteiger partial charge in [0.15, 0.2) is 0 Å². The molecule has 1 heterocycles. The first-order valence-electron chi connectivity index (χ1n) is 3.40. The van der Waals surface area contributed by atoms with Gasteiger partial charge in [-0.25, -0.2) is 4.79 Å². The summed E-state index contributed by atoms with van der Waals surface area (Å²) in [6.45, 7) is 0.386. The lowest BCUT2D eigenvalue weighted by Gasteiger charge is -2.35. The summed E-state index contributed by atoms with van der Waals surface area (Å²) < 4.78 is 0. The van der Waals surface area contributed by atoms with Crippen LogP contribution < -0.4 is 0 Å². The zero-order chi connectivity index (χ0) is 9.14. The molecule has 1 aliphatic rings. The number of rotatable bonds is 2. The van der Waals surface area contributed by atoms with Crippen LogP contribution in [0.4, 0.5) is 4.79 Å². The molecule has 1 unspecified atom stereocenters. The molecule has 1 rings (SSSR count). The first-order valence-corrected chi connectivity index (χ1v) is 3.40. The molecule has 1 aliphatic heterocycles. The van der Waals surface area contributed by atoms with Crippen LogP contribution in [0.25, 0.3) is 0 Å². The number of carbonyl (C=O) groups is 2. The maximum Gasteiger partial charge on any atom is 0.407 e. The lowest BCUT2D eigenvalue weighted by atomic mass is 10.0. The van der Waals surface area contributed by atoms with Crippen LogP contribution >= 0.6 is 0 Å². The molecule has 0 aromatic carbocycles. The van der Waals surface area contributed by atoms with E-state index in [0.717, 1.165) is 11.1 Å². The zero-order valence-corrected chi connectivity index (χ0v) is 6.23. The highest BCUT2D eigenvalue weighted by Gasteiger charge is 2.38. The van der Waals surface area contributed by atoms with Crippen molar-refractivity contribution in [2.75, 3.05) is 6.54 Å². The van der Waals surface area contributed by atoms with Crippen molar-refractivity contribution >= 4 is 18.1 Å². The molecule has 6 nitrogen and oxygen atoms in total. The molecular formula is C6H8N3O3+. The van der Waals surface area contributed by atoms with E-state index in [-0.39, 0.29) is 0 Å². The van der Waals surface area contributed by atoms with E-state index in [1.807, 2.05) is 0 Å². The van der Waals surface area contributed by atoms with Crippen LogP contribution in [-0.4, -0.2) is 45.5 Å². The Morgan fingerprint density at radius 2 is 2.33 bits per heavy atom. The van der Waals surface area contributed by atoms with Crippen molar-refractivity contribution in [1.82, 2.24) is 4.90 Å². The molecule has 2 N–H and O–H groups in total. The van der Waals surface area contributed by atoms with E-state index in [2.05, 4.69) is 4.79 Å². The lowest BCUT2D eigenvalue weighted by Crippen LogP contribution is -2.55. The number of likely N-dealkylation sites (tertiary alicyclic amines) is 1. The van der Waals surface area contributed by atoms with Gasteiger partial charge in [0.05, 0.1) is 10.3 Å². The van der Waals surface area contributed by atoms with E-state index in [0.29, 0.717) is 13.0 Å². The Labute approximate surface area is 68.0 Å². The predicted octanol–water partition coefficient (Wildman–Crippen LogP) is -0.382. The minimum atomic E-state index is -1.10. The van der Waals surface area contributed by atoms with Crippen LogP contribution in [0, 0.1) is 5.53 Å². The van der Waals surface area contributed by atoms with Crippen LogP contribution in [0.1, 0.15) is 6.42 Å². The summed E-state index contributed by atoms with van der Waals surface area (Å²) in [4.78, 5) is 25.2. The molecular weight excluding hydrogens is 162 g/mol. The molecule has 1 amide bonds. The van der Waals surface area contributed by atoms with Gasteiger partial charge in [-0.2, -0.15) is 0 Å². The minimum Gasteiger partial charge on any atom is -0.465 e. The molecule has 0 bridgehead atoms. The summed E-state index contributed by atoms with van der Waals surface area (Å²) in [5.74, 6) is -0.418. The van der Waals surface area contributed by atoms with Crippen molar-refractivity contribution in [2.45, 2.75) is 12.5 Å². The fraction of sp³-hybridized carbons (Fsp3) is 0.500. The van der Waals surface area contributed by atoms with Crippen LogP contribution in [0.15, 0.2) is 0 Å². The Balaban J connectivity index is 2.60. The van der Waals surface area contributed by atoms with Crippen LogP contribution in [0.5, 0.6) is 0 Å². The standard InChI is InChI=1S/C6H7N3O3/c7-8-3-5(10)4-1-2-9(4)6(11)12/h3-4,7H,1-2H2/p+1. The van der Waals surface area contributed by atoms with Gasteiger partial charge in [-0.15, -0.1) is 0 Å². The Kier molecular flexibility index (Phi) is 2.21. The summed E-state index contributed by atoms with van der Waals surface area (Å²) in [5.41, 5.74) is 6.38. The van der Waals surface area contributed by atoms with Gasteiger partial charge >= 0.3 is 12.3 Å². The quantitative estimate of drug-likeness (QED) is 0.336. The van der Waals surface area contributed by atoms with Crippen molar-refractivity contribution < 1.29 is 19.5 Å². The van der Waals surface area contributed by atoms with E-state index in [1.54, 1.807) is 0 Å². The molecule has 0 aliphatic carbocycles. The number of Topliss-reactive ketones (excluding diaryl/α,β-unsaturated/α-hetero) is 1. The highest BCUT2D eigenvalue weighted by Crippen LogP contribution is 2.16. The number of nitrogens with zero attached hydrogens (tertiary/aromatic N) is 2. The number of carbonyl (C=O) groups excluding carboxylic acids is 1. The maximum atomic E-state index is 11.0. The molecule has 64 valence electrons. The van der Waals surface area contributed by atoms with Gasteiger partial charge in [-0.3, -0.25) is 9.69 Å². The van der Waals surface area contributed by atoms with E-state index in [4.69, 9.17) is 10.6 Å². The summed E-state index contributed by atoms with van der Waals surface area (Å²) in [5, 5.41) is 8.50. The van der Waals surface area contributed by atoms with Crippen molar-refractivity contribution in [3.8, 4) is 0 Å². The fourth-order valence-corrected chi connectivity index (χ4v) is 1.06. The highest BCUT2D eigenvalue weighted by molar-refractivity contribution is 6.28. The third kappa shape index (κ3) is 1.33. The zero-order valence-electron chi connectivity index (χ0n) is 6.23. The number of ketones is 1. The second-order valence-electron chi connectivity index (χ2n) is 2.44. The SMILES string of the molecule is N=[N+]=CC(=O)C1CCN1C(=O)O. The van der Waals surface area contributed by atoms with Crippen molar-refractivity contribution in [3.05, 3.63) is 0 Å². The van der Waals surface area contributed by atoms with E-state index < -0.39 is 17.9 Å². The molecule has 0 radical (unpaired) electrons. The van der Waals surface area contributed by atoms with Crippen LogP contribution in [0.2, 0.25) is 0 Å². The molecule has 6 heteroatoms. The summed E-state index contributed by atoms with van der Waals surface area (Å²) >= 11 is 0. The van der Waals surface area contributed by atoms with Gasteiger partial charge in [0.2, 0.25) is 0 Å². The van der Waals surface area contributed by atoms with Gasteiger partial charge in [-0.1, -0.05) is 0 Å². The Morgan fingerprint density at radius 1 is 1.67 bits per heavy atom. The van der Waals surface area contributed by atoms with E-state index in [1.165, 1.54) is 0 Å². The first-order chi connectivity index (χ1) is 5.66. The van der Waals surface area contributed by atoms with Crippen molar-refractivity contribution in [1.29, 1.82) is 5.53 Å². The molecule has 0 aromatic heterocycles.